The third-order valence-corrected chi connectivity index (χ3v) is 4.74. The molecule has 24 heavy (non-hydrogen) atoms. The molecule has 0 radical (unpaired) electrons. The zero-order chi connectivity index (χ0) is 17.6. The van der Waals surface area contributed by atoms with E-state index < -0.39 is 0 Å². The van der Waals surface area contributed by atoms with Crippen molar-refractivity contribution in [2.45, 2.75) is 46.5 Å². The Morgan fingerprint density at radius 3 is 2.58 bits per heavy atom. The highest BCUT2D eigenvalue weighted by molar-refractivity contribution is 6.01. The topological polar surface area (TPSA) is 85.8 Å². The van der Waals surface area contributed by atoms with E-state index in [4.69, 9.17) is 4.99 Å². The Hall–Kier alpha value is -1.79. The molecule has 0 unspecified atom stereocenters. The number of nitrogens with zero attached hydrogens (tertiary/aromatic N) is 2. The minimum atomic E-state index is -0.311. The first kappa shape index (κ1) is 18.5. The van der Waals surface area contributed by atoms with Crippen LogP contribution in [0, 0.1) is 11.3 Å². The quantitative estimate of drug-likeness (QED) is 0.354. The molecule has 0 bridgehead atoms. The molecule has 1 aliphatic carbocycles. The molecule has 3 amide bonds. The molecule has 1 heterocycles. The molecule has 1 saturated heterocycles. The van der Waals surface area contributed by atoms with Gasteiger partial charge in [-0.05, 0) is 37.5 Å². The summed E-state index contributed by atoms with van der Waals surface area (Å²) in [6, 6.07) is -0.311. The van der Waals surface area contributed by atoms with Gasteiger partial charge in [0.1, 0.15) is 0 Å². The minimum Gasteiger partial charge on any atom is -0.357 e. The number of imide groups is 1. The second kappa shape index (κ2) is 8.35. The molecule has 2 aliphatic rings. The van der Waals surface area contributed by atoms with Crippen molar-refractivity contribution in [1.82, 2.24) is 20.9 Å². The number of aliphatic imine (C=N–C) groups is 1. The summed E-state index contributed by atoms with van der Waals surface area (Å²) >= 11 is 0. The zero-order valence-corrected chi connectivity index (χ0v) is 15.2. The predicted octanol–water partition coefficient (Wildman–Crippen LogP) is 1.31. The molecule has 7 nitrogen and oxygen atoms in total. The van der Waals surface area contributed by atoms with Crippen LogP contribution >= 0.6 is 0 Å². The van der Waals surface area contributed by atoms with Crippen LogP contribution in [-0.2, 0) is 4.79 Å². The highest BCUT2D eigenvalue weighted by Gasteiger charge is 2.37. The van der Waals surface area contributed by atoms with Crippen LogP contribution in [0.5, 0.6) is 0 Å². The molecule has 0 aromatic heterocycles. The normalized spacial score (nSPS) is 20.2. The SMILES string of the molecule is CCNC(=NCC1(CC(C)C)CCC1)NCCN1C(=O)CNC1=O. The maximum Gasteiger partial charge on any atom is 0.324 e. The van der Waals surface area contributed by atoms with E-state index in [-0.39, 0.29) is 18.5 Å². The van der Waals surface area contributed by atoms with Crippen molar-refractivity contribution >= 4 is 17.9 Å². The highest BCUT2D eigenvalue weighted by Crippen LogP contribution is 2.46. The molecule has 136 valence electrons. The molecule has 2 fully saturated rings. The van der Waals surface area contributed by atoms with E-state index in [2.05, 4.69) is 29.8 Å². The van der Waals surface area contributed by atoms with Gasteiger partial charge in [0.2, 0.25) is 5.91 Å². The summed E-state index contributed by atoms with van der Waals surface area (Å²) in [6.07, 6.45) is 5.05. The molecular weight excluding hydrogens is 306 g/mol. The Balaban J connectivity index is 1.84. The van der Waals surface area contributed by atoms with Gasteiger partial charge in [0.25, 0.3) is 0 Å². The lowest BCUT2D eigenvalue weighted by Crippen LogP contribution is -2.44. The van der Waals surface area contributed by atoms with Gasteiger partial charge in [0.05, 0.1) is 6.54 Å². The number of urea groups is 1. The van der Waals surface area contributed by atoms with Crippen molar-refractivity contribution in [2.24, 2.45) is 16.3 Å². The lowest BCUT2D eigenvalue weighted by Gasteiger charge is -2.42. The smallest absolute Gasteiger partial charge is 0.324 e. The standard InChI is InChI=1S/C17H31N5O2/c1-4-18-15(19-8-9-22-14(23)11-20-16(22)24)21-12-17(6-5-7-17)10-13(2)3/h13H,4-12H2,1-3H3,(H,20,24)(H2,18,19,21). The Morgan fingerprint density at radius 1 is 1.33 bits per heavy atom. The first-order valence-electron chi connectivity index (χ1n) is 9.06. The zero-order valence-electron chi connectivity index (χ0n) is 15.2. The summed E-state index contributed by atoms with van der Waals surface area (Å²) in [6.45, 7) is 9.15. The van der Waals surface area contributed by atoms with Gasteiger partial charge < -0.3 is 16.0 Å². The monoisotopic (exact) mass is 337 g/mol. The third kappa shape index (κ3) is 4.85. The van der Waals surface area contributed by atoms with Gasteiger partial charge in [-0.2, -0.15) is 0 Å². The molecule has 0 aromatic rings. The molecule has 0 atom stereocenters. The van der Waals surface area contributed by atoms with Crippen LogP contribution in [0.1, 0.15) is 46.5 Å². The largest absolute Gasteiger partial charge is 0.357 e. The van der Waals surface area contributed by atoms with Crippen LogP contribution in [0.25, 0.3) is 0 Å². The van der Waals surface area contributed by atoms with Crippen LogP contribution < -0.4 is 16.0 Å². The van der Waals surface area contributed by atoms with Crippen molar-refractivity contribution in [1.29, 1.82) is 0 Å². The van der Waals surface area contributed by atoms with Gasteiger partial charge in [-0.15, -0.1) is 0 Å². The number of rotatable bonds is 8. The van der Waals surface area contributed by atoms with Gasteiger partial charge in [0, 0.05) is 26.2 Å². The summed E-state index contributed by atoms with van der Waals surface area (Å²) in [4.78, 5) is 29.1. The van der Waals surface area contributed by atoms with Gasteiger partial charge in [0.15, 0.2) is 5.96 Å². The van der Waals surface area contributed by atoms with E-state index in [0.29, 0.717) is 24.4 Å². The first-order chi connectivity index (χ1) is 11.5. The molecule has 1 aliphatic heterocycles. The number of carbonyl (C=O) groups is 2. The van der Waals surface area contributed by atoms with Crippen molar-refractivity contribution in [2.75, 3.05) is 32.7 Å². The molecule has 2 rings (SSSR count). The van der Waals surface area contributed by atoms with Crippen LogP contribution in [0.15, 0.2) is 4.99 Å². The van der Waals surface area contributed by atoms with Gasteiger partial charge in [-0.25, -0.2) is 4.79 Å². The summed E-state index contributed by atoms with van der Waals surface area (Å²) < 4.78 is 0. The third-order valence-electron chi connectivity index (χ3n) is 4.74. The molecule has 0 spiro atoms. The van der Waals surface area contributed by atoms with Crippen molar-refractivity contribution < 1.29 is 9.59 Å². The number of amides is 3. The van der Waals surface area contributed by atoms with E-state index in [1.54, 1.807) is 0 Å². The molecule has 0 aromatic carbocycles. The Labute approximate surface area is 144 Å². The first-order valence-corrected chi connectivity index (χ1v) is 9.06. The number of carbonyl (C=O) groups excluding carboxylic acids is 2. The number of nitrogens with one attached hydrogen (secondary N) is 3. The molecular formula is C17H31N5O2. The fourth-order valence-electron chi connectivity index (χ4n) is 3.53. The number of guanidine groups is 1. The minimum absolute atomic E-state index is 0.102. The second-order valence-electron chi connectivity index (χ2n) is 7.28. The number of hydrogen-bond acceptors (Lipinski definition) is 3. The fraction of sp³-hybridized carbons (Fsp3) is 0.824. The molecule has 1 saturated carbocycles. The summed E-state index contributed by atoms with van der Waals surface area (Å²) in [5.41, 5.74) is 0.362. The molecule has 7 heteroatoms. The van der Waals surface area contributed by atoms with E-state index in [1.165, 1.54) is 30.6 Å². The van der Waals surface area contributed by atoms with Gasteiger partial charge in [-0.1, -0.05) is 20.3 Å². The molecule has 3 N–H and O–H groups in total. The summed E-state index contributed by atoms with van der Waals surface area (Å²) in [5.74, 6) is 1.28. The average Bonchev–Trinajstić information content (AvgIpc) is 2.81. The maximum atomic E-state index is 11.6. The van der Waals surface area contributed by atoms with E-state index in [0.717, 1.165) is 19.0 Å². The summed E-state index contributed by atoms with van der Waals surface area (Å²) in [7, 11) is 0. The van der Waals surface area contributed by atoms with Gasteiger partial charge >= 0.3 is 6.03 Å². The van der Waals surface area contributed by atoms with E-state index in [9.17, 15) is 9.59 Å². The average molecular weight is 337 g/mol. The lowest BCUT2D eigenvalue weighted by atomic mass is 9.64. The van der Waals surface area contributed by atoms with E-state index in [1.807, 2.05) is 6.92 Å². The van der Waals surface area contributed by atoms with Crippen molar-refractivity contribution in [3.63, 3.8) is 0 Å². The predicted molar refractivity (Wildman–Crippen MR) is 94.8 cm³/mol. The second-order valence-corrected chi connectivity index (χ2v) is 7.28. The van der Waals surface area contributed by atoms with E-state index >= 15 is 0 Å². The van der Waals surface area contributed by atoms with Crippen molar-refractivity contribution in [3.05, 3.63) is 0 Å². The van der Waals surface area contributed by atoms with Crippen LogP contribution in [0.4, 0.5) is 4.79 Å². The Bertz CT molecular complexity index is 469. The lowest BCUT2D eigenvalue weighted by molar-refractivity contribution is -0.124. The summed E-state index contributed by atoms with van der Waals surface area (Å²) in [5, 5.41) is 8.99. The highest BCUT2D eigenvalue weighted by atomic mass is 16.2. The van der Waals surface area contributed by atoms with Crippen LogP contribution in [0.3, 0.4) is 0 Å². The number of hydrogen-bond donors (Lipinski definition) is 3. The maximum absolute atomic E-state index is 11.6. The van der Waals surface area contributed by atoms with Gasteiger partial charge in [-0.3, -0.25) is 14.7 Å². The Morgan fingerprint density at radius 2 is 2.08 bits per heavy atom. The fourth-order valence-corrected chi connectivity index (χ4v) is 3.53. The Kier molecular flexibility index (Phi) is 6.45. The van der Waals surface area contributed by atoms with Crippen LogP contribution in [-0.4, -0.2) is 55.5 Å². The van der Waals surface area contributed by atoms with Crippen molar-refractivity contribution in [3.8, 4) is 0 Å². The van der Waals surface area contributed by atoms with Crippen LogP contribution in [0.2, 0.25) is 0 Å².